The standard InChI is InChI=1S/C13H10N2O4/c16-6-9-2-1-3-10(4-9)19-7-12-11(13(17)18)5-14-8-15-12/h1-6,8H,7H2,(H,17,18). The summed E-state index contributed by atoms with van der Waals surface area (Å²) in [5, 5.41) is 8.96. The van der Waals surface area contributed by atoms with Crippen LogP contribution in [0.15, 0.2) is 36.8 Å². The number of ether oxygens (including phenoxy) is 1. The van der Waals surface area contributed by atoms with Gasteiger partial charge in [0.2, 0.25) is 0 Å². The van der Waals surface area contributed by atoms with Crippen molar-refractivity contribution in [2.45, 2.75) is 6.61 Å². The highest BCUT2D eigenvalue weighted by Gasteiger charge is 2.11. The Morgan fingerprint density at radius 1 is 1.42 bits per heavy atom. The van der Waals surface area contributed by atoms with Gasteiger partial charge in [-0.3, -0.25) is 4.79 Å². The molecule has 1 aromatic heterocycles. The van der Waals surface area contributed by atoms with Gasteiger partial charge in [-0.05, 0) is 12.1 Å². The third-order valence-electron chi connectivity index (χ3n) is 2.39. The summed E-state index contributed by atoms with van der Waals surface area (Å²) in [7, 11) is 0. The molecule has 0 bridgehead atoms. The molecule has 0 aliphatic heterocycles. The minimum atomic E-state index is -1.11. The number of aldehydes is 1. The summed E-state index contributed by atoms with van der Waals surface area (Å²) in [5.41, 5.74) is 0.756. The molecule has 96 valence electrons. The number of aromatic carboxylic acids is 1. The molecule has 0 unspecified atom stereocenters. The van der Waals surface area contributed by atoms with E-state index < -0.39 is 5.97 Å². The number of carbonyl (C=O) groups excluding carboxylic acids is 1. The van der Waals surface area contributed by atoms with Gasteiger partial charge in [-0.2, -0.15) is 0 Å². The van der Waals surface area contributed by atoms with Crippen molar-refractivity contribution in [1.82, 2.24) is 9.97 Å². The van der Waals surface area contributed by atoms with Crippen LogP contribution in [0.1, 0.15) is 26.4 Å². The van der Waals surface area contributed by atoms with E-state index in [4.69, 9.17) is 9.84 Å². The molecule has 0 fully saturated rings. The molecule has 1 N–H and O–H groups in total. The van der Waals surface area contributed by atoms with E-state index in [2.05, 4.69) is 9.97 Å². The summed E-state index contributed by atoms with van der Waals surface area (Å²) in [4.78, 5) is 29.1. The molecule has 0 atom stereocenters. The fraction of sp³-hybridized carbons (Fsp3) is 0.0769. The van der Waals surface area contributed by atoms with Crippen LogP contribution >= 0.6 is 0 Å². The lowest BCUT2D eigenvalue weighted by Crippen LogP contribution is -2.08. The minimum absolute atomic E-state index is 0.00552. The normalized spacial score (nSPS) is 9.89. The van der Waals surface area contributed by atoms with Crippen molar-refractivity contribution in [3.8, 4) is 5.75 Å². The Morgan fingerprint density at radius 2 is 2.26 bits per heavy atom. The first-order chi connectivity index (χ1) is 9.20. The fourth-order valence-corrected chi connectivity index (χ4v) is 1.48. The predicted molar refractivity (Wildman–Crippen MR) is 65.2 cm³/mol. The molecule has 0 amide bonds. The zero-order valence-electron chi connectivity index (χ0n) is 9.81. The van der Waals surface area contributed by atoms with Gasteiger partial charge in [-0.25, -0.2) is 14.8 Å². The second kappa shape index (κ2) is 5.72. The molecule has 1 heterocycles. The number of carboxylic acids is 1. The first kappa shape index (κ1) is 12.7. The van der Waals surface area contributed by atoms with Crippen LogP contribution in [-0.2, 0) is 6.61 Å². The van der Waals surface area contributed by atoms with Gasteiger partial charge in [-0.1, -0.05) is 12.1 Å². The number of rotatable bonds is 5. The fourth-order valence-electron chi connectivity index (χ4n) is 1.48. The minimum Gasteiger partial charge on any atom is -0.487 e. The van der Waals surface area contributed by atoms with E-state index in [0.717, 1.165) is 0 Å². The van der Waals surface area contributed by atoms with Crippen LogP contribution in [0.3, 0.4) is 0 Å². The van der Waals surface area contributed by atoms with Gasteiger partial charge in [-0.15, -0.1) is 0 Å². The van der Waals surface area contributed by atoms with Crippen molar-refractivity contribution >= 4 is 12.3 Å². The molecule has 0 aliphatic carbocycles. The second-order valence-electron chi connectivity index (χ2n) is 3.67. The molecule has 2 rings (SSSR count). The summed E-state index contributed by atoms with van der Waals surface area (Å²) < 4.78 is 5.41. The Balaban J connectivity index is 2.14. The summed E-state index contributed by atoms with van der Waals surface area (Å²) in [5.74, 6) is -0.639. The third kappa shape index (κ3) is 3.12. The second-order valence-corrected chi connectivity index (χ2v) is 3.67. The molecule has 0 aliphatic rings. The lowest BCUT2D eigenvalue weighted by atomic mass is 10.2. The Hall–Kier alpha value is -2.76. The maximum Gasteiger partial charge on any atom is 0.339 e. The number of benzene rings is 1. The molecule has 0 spiro atoms. The van der Waals surface area contributed by atoms with E-state index in [-0.39, 0.29) is 17.9 Å². The van der Waals surface area contributed by atoms with Crippen molar-refractivity contribution in [3.63, 3.8) is 0 Å². The van der Waals surface area contributed by atoms with Crippen LogP contribution in [0.4, 0.5) is 0 Å². The maximum absolute atomic E-state index is 11.0. The van der Waals surface area contributed by atoms with Crippen LogP contribution in [0.5, 0.6) is 5.75 Å². The molecule has 19 heavy (non-hydrogen) atoms. The van der Waals surface area contributed by atoms with Crippen LogP contribution in [-0.4, -0.2) is 27.3 Å². The van der Waals surface area contributed by atoms with Crippen molar-refractivity contribution < 1.29 is 19.4 Å². The molecule has 6 heteroatoms. The maximum atomic E-state index is 11.0. The van der Waals surface area contributed by atoms with E-state index in [0.29, 0.717) is 17.6 Å². The van der Waals surface area contributed by atoms with Crippen LogP contribution in [0.2, 0.25) is 0 Å². The van der Waals surface area contributed by atoms with Crippen molar-refractivity contribution in [3.05, 3.63) is 53.6 Å². The first-order valence-electron chi connectivity index (χ1n) is 5.41. The van der Waals surface area contributed by atoms with Gasteiger partial charge >= 0.3 is 5.97 Å². The van der Waals surface area contributed by atoms with Crippen LogP contribution < -0.4 is 4.74 Å². The number of nitrogens with zero attached hydrogens (tertiary/aromatic N) is 2. The van der Waals surface area contributed by atoms with Crippen molar-refractivity contribution in [1.29, 1.82) is 0 Å². The van der Waals surface area contributed by atoms with Gasteiger partial charge in [0.1, 0.15) is 30.5 Å². The van der Waals surface area contributed by atoms with Crippen LogP contribution in [0.25, 0.3) is 0 Å². The van der Waals surface area contributed by atoms with Gasteiger partial charge in [0.15, 0.2) is 0 Å². The van der Waals surface area contributed by atoms with Gasteiger partial charge in [0.25, 0.3) is 0 Å². The van der Waals surface area contributed by atoms with E-state index in [1.807, 2.05) is 0 Å². The van der Waals surface area contributed by atoms with E-state index >= 15 is 0 Å². The topological polar surface area (TPSA) is 89.4 Å². The van der Waals surface area contributed by atoms with Gasteiger partial charge in [0, 0.05) is 11.8 Å². The number of carboxylic acid groups (broad SMARTS) is 1. The molecule has 6 nitrogen and oxygen atoms in total. The highest BCUT2D eigenvalue weighted by molar-refractivity contribution is 5.88. The Labute approximate surface area is 108 Å². The summed E-state index contributed by atoms with van der Waals surface area (Å²) in [6.07, 6.45) is 3.18. The first-order valence-corrected chi connectivity index (χ1v) is 5.41. The van der Waals surface area contributed by atoms with E-state index in [9.17, 15) is 9.59 Å². The lowest BCUT2D eigenvalue weighted by molar-refractivity contribution is 0.0692. The van der Waals surface area contributed by atoms with Crippen molar-refractivity contribution in [2.75, 3.05) is 0 Å². The number of aromatic nitrogens is 2. The van der Waals surface area contributed by atoms with E-state index in [1.54, 1.807) is 24.3 Å². The van der Waals surface area contributed by atoms with Crippen LogP contribution in [0, 0.1) is 0 Å². The molecule has 0 radical (unpaired) electrons. The molecule has 2 aromatic rings. The average molecular weight is 258 g/mol. The summed E-state index contributed by atoms with van der Waals surface area (Å²) >= 11 is 0. The zero-order valence-corrected chi connectivity index (χ0v) is 9.81. The highest BCUT2D eigenvalue weighted by Crippen LogP contribution is 2.14. The number of hydrogen-bond donors (Lipinski definition) is 1. The quantitative estimate of drug-likeness (QED) is 0.819. The van der Waals surface area contributed by atoms with Gasteiger partial charge < -0.3 is 9.84 Å². The Bertz CT molecular complexity index is 613. The number of carbonyl (C=O) groups is 2. The molecular formula is C13H10N2O4. The number of hydrogen-bond acceptors (Lipinski definition) is 5. The Morgan fingerprint density at radius 3 is 3.00 bits per heavy atom. The Kier molecular flexibility index (Phi) is 3.82. The summed E-state index contributed by atoms with van der Waals surface area (Å²) in [6, 6.07) is 6.56. The monoisotopic (exact) mass is 258 g/mol. The predicted octanol–water partition coefficient (Wildman–Crippen LogP) is 1.57. The molecule has 0 saturated carbocycles. The molecular weight excluding hydrogens is 248 g/mol. The average Bonchev–Trinajstić information content (AvgIpc) is 2.45. The molecule has 0 saturated heterocycles. The smallest absolute Gasteiger partial charge is 0.339 e. The lowest BCUT2D eigenvalue weighted by Gasteiger charge is -2.07. The largest absolute Gasteiger partial charge is 0.487 e. The zero-order chi connectivity index (χ0) is 13.7. The third-order valence-corrected chi connectivity index (χ3v) is 2.39. The SMILES string of the molecule is O=Cc1cccc(OCc2ncncc2C(=O)O)c1. The molecule has 1 aromatic carbocycles. The summed E-state index contributed by atoms with van der Waals surface area (Å²) in [6.45, 7) is -0.00748. The highest BCUT2D eigenvalue weighted by atomic mass is 16.5. The van der Waals surface area contributed by atoms with E-state index in [1.165, 1.54) is 12.5 Å². The van der Waals surface area contributed by atoms with Gasteiger partial charge in [0.05, 0.1) is 5.69 Å². The van der Waals surface area contributed by atoms with Crippen molar-refractivity contribution in [2.24, 2.45) is 0 Å².